The second-order valence-corrected chi connectivity index (χ2v) is 1.83. The first-order chi connectivity index (χ1) is 5.29. The molecule has 0 aliphatic carbocycles. The molecule has 0 aliphatic rings. The summed E-state index contributed by atoms with van der Waals surface area (Å²) in [6, 6.07) is 0. The van der Waals surface area contributed by atoms with E-state index in [1.165, 1.54) is 0 Å². The maximum atomic E-state index is 5.03. The molecule has 0 fully saturated rings. The van der Waals surface area contributed by atoms with Crippen LogP contribution in [-0.2, 0) is 9.47 Å². The highest BCUT2D eigenvalue weighted by molar-refractivity contribution is 5.22. The Balaban J connectivity index is 4.47. The van der Waals surface area contributed by atoms with Crippen molar-refractivity contribution in [2.75, 3.05) is 14.2 Å². The van der Waals surface area contributed by atoms with Crippen molar-refractivity contribution in [3.8, 4) is 0 Å². The zero-order valence-corrected chi connectivity index (χ0v) is 7.26. The Morgan fingerprint density at radius 2 is 1.73 bits per heavy atom. The van der Waals surface area contributed by atoms with E-state index < -0.39 is 0 Å². The maximum absolute atomic E-state index is 5.03. The molecule has 0 bridgehead atoms. The van der Waals surface area contributed by atoms with E-state index >= 15 is 0 Å². The van der Waals surface area contributed by atoms with Crippen molar-refractivity contribution in [1.82, 2.24) is 0 Å². The molecule has 11 heavy (non-hydrogen) atoms. The topological polar surface area (TPSA) is 18.5 Å². The molecule has 0 N–H and O–H groups in total. The summed E-state index contributed by atoms with van der Waals surface area (Å²) >= 11 is 0. The van der Waals surface area contributed by atoms with Crippen molar-refractivity contribution >= 4 is 0 Å². The van der Waals surface area contributed by atoms with Crippen LogP contribution in [0.25, 0.3) is 0 Å². The molecule has 0 rings (SSSR count). The Bertz CT molecular complexity index is 178. The van der Waals surface area contributed by atoms with Crippen molar-refractivity contribution in [3.05, 3.63) is 36.3 Å². The molecule has 0 aromatic carbocycles. The third-order valence-corrected chi connectivity index (χ3v) is 1.21. The second-order valence-electron chi connectivity index (χ2n) is 1.83. The van der Waals surface area contributed by atoms with Gasteiger partial charge in [0.2, 0.25) is 0 Å². The number of allylic oxidation sites excluding steroid dienone is 3. The quantitative estimate of drug-likeness (QED) is 0.456. The summed E-state index contributed by atoms with van der Waals surface area (Å²) in [5, 5.41) is 0. The molecule has 0 aromatic heterocycles. The van der Waals surface area contributed by atoms with Crippen molar-refractivity contribution < 1.29 is 9.47 Å². The van der Waals surface area contributed by atoms with E-state index in [0.29, 0.717) is 11.5 Å². The second kappa shape index (κ2) is 5.59. The van der Waals surface area contributed by atoms with Crippen molar-refractivity contribution in [3.63, 3.8) is 0 Å². The number of methoxy groups -OCH3 is 2. The highest BCUT2D eigenvalue weighted by Gasteiger charge is 2.00. The molecule has 0 heterocycles. The van der Waals surface area contributed by atoms with E-state index in [9.17, 15) is 0 Å². The molecule has 0 radical (unpaired) electrons. The summed E-state index contributed by atoms with van der Waals surface area (Å²) in [4.78, 5) is 0. The van der Waals surface area contributed by atoms with Gasteiger partial charge in [-0.25, -0.2) is 0 Å². The first-order valence-electron chi connectivity index (χ1n) is 3.37. The molecule has 2 heteroatoms. The van der Waals surface area contributed by atoms with Gasteiger partial charge in [-0.2, -0.15) is 0 Å². The molecule has 0 aliphatic heterocycles. The van der Waals surface area contributed by atoms with Crippen LogP contribution in [0.4, 0.5) is 0 Å². The van der Waals surface area contributed by atoms with E-state index in [4.69, 9.17) is 9.47 Å². The maximum Gasteiger partial charge on any atom is 0.160 e. The smallest absolute Gasteiger partial charge is 0.160 e. The Kier molecular flexibility index (Phi) is 4.99. The molecular formula is C9H14O2. The van der Waals surface area contributed by atoms with Crippen LogP contribution in [0.5, 0.6) is 0 Å². The number of rotatable bonds is 4. The minimum absolute atomic E-state index is 0.685. The molecule has 62 valence electrons. The summed E-state index contributed by atoms with van der Waals surface area (Å²) in [5.74, 6) is 1.40. The minimum atomic E-state index is 0.685. The van der Waals surface area contributed by atoms with Crippen LogP contribution in [0, 0.1) is 0 Å². The standard InChI is InChI=1S/C9H14O2/c1-5-7-9(11-4)8(6-2)10-3/h5-7H,1H2,2-4H3/b8-6+,9-7+. The Morgan fingerprint density at radius 3 is 2.00 bits per heavy atom. The summed E-state index contributed by atoms with van der Waals surface area (Å²) in [6.45, 7) is 5.44. The highest BCUT2D eigenvalue weighted by Crippen LogP contribution is 2.10. The van der Waals surface area contributed by atoms with Gasteiger partial charge in [0, 0.05) is 0 Å². The Morgan fingerprint density at radius 1 is 1.18 bits per heavy atom. The molecule has 0 saturated heterocycles. The van der Waals surface area contributed by atoms with Gasteiger partial charge >= 0.3 is 0 Å². The number of hydrogen-bond donors (Lipinski definition) is 0. The minimum Gasteiger partial charge on any atom is -0.493 e. The Hall–Kier alpha value is -1.18. The average Bonchev–Trinajstić information content (AvgIpc) is 2.05. The normalized spacial score (nSPS) is 12.6. The SMILES string of the molecule is C=C/C=C(OC)\C(=C/C)OC. The first-order valence-corrected chi connectivity index (χ1v) is 3.37. The molecule has 0 atom stereocenters. The van der Waals surface area contributed by atoms with Crippen LogP contribution in [0.3, 0.4) is 0 Å². The summed E-state index contributed by atoms with van der Waals surface area (Å²) in [6.07, 6.45) is 5.24. The van der Waals surface area contributed by atoms with Gasteiger partial charge in [0.25, 0.3) is 0 Å². The lowest BCUT2D eigenvalue weighted by Crippen LogP contribution is -1.94. The Labute approximate surface area is 67.8 Å². The van der Waals surface area contributed by atoms with E-state index in [1.54, 1.807) is 26.4 Å². The molecule has 0 aromatic rings. The fourth-order valence-electron chi connectivity index (χ4n) is 0.719. The van der Waals surface area contributed by atoms with Crippen LogP contribution in [0.15, 0.2) is 36.3 Å². The predicted molar refractivity (Wildman–Crippen MR) is 46.1 cm³/mol. The van der Waals surface area contributed by atoms with Gasteiger partial charge in [-0.1, -0.05) is 12.7 Å². The predicted octanol–water partition coefficient (Wildman–Crippen LogP) is 2.25. The van der Waals surface area contributed by atoms with Crippen LogP contribution in [-0.4, -0.2) is 14.2 Å². The summed E-state index contributed by atoms with van der Waals surface area (Å²) in [5.41, 5.74) is 0. The van der Waals surface area contributed by atoms with Crippen LogP contribution in [0.1, 0.15) is 6.92 Å². The lowest BCUT2D eigenvalue weighted by atomic mass is 10.3. The van der Waals surface area contributed by atoms with Gasteiger partial charge in [-0.05, 0) is 19.1 Å². The molecule has 0 saturated carbocycles. The zero-order valence-electron chi connectivity index (χ0n) is 7.26. The number of hydrogen-bond acceptors (Lipinski definition) is 2. The van der Waals surface area contributed by atoms with E-state index in [-0.39, 0.29) is 0 Å². The fourth-order valence-corrected chi connectivity index (χ4v) is 0.719. The van der Waals surface area contributed by atoms with E-state index in [0.717, 1.165) is 0 Å². The zero-order chi connectivity index (χ0) is 8.69. The van der Waals surface area contributed by atoms with Crippen molar-refractivity contribution in [2.24, 2.45) is 0 Å². The molecule has 0 amide bonds. The highest BCUT2D eigenvalue weighted by atomic mass is 16.5. The molecule has 0 spiro atoms. The van der Waals surface area contributed by atoms with Crippen LogP contribution >= 0.6 is 0 Å². The van der Waals surface area contributed by atoms with Gasteiger partial charge in [-0.3, -0.25) is 0 Å². The number of ether oxygens (including phenoxy) is 2. The fraction of sp³-hybridized carbons (Fsp3) is 0.333. The van der Waals surface area contributed by atoms with E-state index in [1.807, 2.05) is 13.0 Å². The summed E-state index contributed by atoms with van der Waals surface area (Å²) in [7, 11) is 3.20. The average molecular weight is 154 g/mol. The first kappa shape index (κ1) is 9.82. The molecule has 0 unspecified atom stereocenters. The van der Waals surface area contributed by atoms with Crippen LogP contribution in [0.2, 0.25) is 0 Å². The lowest BCUT2D eigenvalue weighted by Gasteiger charge is -2.07. The summed E-state index contributed by atoms with van der Waals surface area (Å²) < 4.78 is 10.1. The molecule has 2 nitrogen and oxygen atoms in total. The van der Waals surface area contributed by atoms with Crippen LogP contribution < -0.4 is 0 Å². The van der Waals surface area contributed by atoms with Crippen molar-refractivity contribution in [1.29, 1.82) is 0 Å². The van der Waals surface area contributed by atoms with Gasteiger partial charge in [0.15, 0.2) is 11.5 Å². The van der Waals surface area contributed by atoms with Gasteiger partial charge in [0.05, 0.1) is 14.2 Å². The monoisotopic (exact) mass is 154 g/mol. The third-order valence-electron chi connectivity index (χ3n) is 1.21. The largest absolute Gasteiger partial charge is 0.493 e. The molecular weight excluding hydrogens is 140 g/mol. The third kappa shape index (κ3) is 2.94. The van der Waals surface area contributed by atoms with Gasteiger partial charge in [0.1, 0.15) is 0 Å². The van der Waals surface area contributed by atoms with Gasteiger partial charge < -0.3 is 9.47 Å². The van der Waals surface area contributed by atoms with E-state index in [2.05, 4.69) is 6.58 Å². The van der Waals surface area contributed by atoms with Crippen molar-refractivity contribution in [2.45, 2.75) is 6.92 Å². The lowest BCUT2D eigenvalue weighted by molar-refractivity contribution is 0.220. The van der Waals surface area contributed by atoms with Gasteiger partial charge in [-0.15, -0.1) is 0 Å².